The highest BCUT2D eigenvalue weighted by molar-refractivity contribution is 6.34. The highest BCUT2D eigenvalue weighted by atomic mass is 35.5. The van der Waals surface area contributed by atoms with Crippen molar-refractivity contribution in [3.63, 3.8) is 0 Å². The summed E-state index contributed by atoms with van der Waals surface area (Å²) in [6, 6.07) is 14.0. The minimum atomic E-state index is 0.00685. The van der Waals surface area contributed by atoms with Crippen molar-refractivity contribution in [3.8, 4) is 0 Å². The topological polar surface area (TPSA) is 20.3 Å². The van der Waals surface area contributed by atoms with Gasteiger partial charge in [-0.2, -0.15) is 0 Å². The third kappa shape index (κ3) is 3.42. The summed E-state index contributed by atoms with van der Waals surface area (Å²) < 4.78 is 0. The number of halogens is 1. The van der Waals surface area contributed by atoms with Crippen LogP contribution in [0, 0.1) is 0 Å². The lowest BCUT2D eigenvalue weighted by molar-refractivity contribution is 0.0987. The quantitative estimate of drug-likeness (QED) is 0.751. The van der Waals surface area contributed by atoms with Crippen molar-refractivity contribution >= 4 is 23.2 Å². The molecule has 1 heterocycles. The first kappa shape index (κ1) is 16.1. The summed E-state index contributed by atoms with van der Waals surface area (Å²) in [6.45, 7) is 2.89. The number of para-hydroxylation sites is 1. The van der Waals surface area contributed by atoms with Gasteiger partial charge in [-0.05, 0) is 55.0 Å². The summed E-state index contributed by atoms with van der Waals surface area (Å²) in [5.74, 6) is 0.00685. The zero-order valence-corrected chi connectivity index (χ0v) is 14.3. The van der Waals surface area contributed by atoms with Gasteiger partial charge >= 0.3 is 0 Å². The highest BCUT2D eigenvalue weighted by Crippen LogP contribution is 2.29. The predicted molar refractivity (Wildman–Crippen MR) is 96.5 cm³/mol. The van der Waals surface area contributed by atoms with Crippen molar-refractivity contribution in [1.82, 2.24) is 0 Å². The van der Waals surface area contributed by atoms with Gasteiger partial charge in [-0.25, -0.2) is 0 Å². The van der Waals surface area contributed by atoms with Crippen LogP contribution in [-0.2, 0) is 12.8 Å². The zero-order chi connectivity index (χ0) is 16.2. The van der Waals surface area contributed by atoms with Crippen molar-refractivity contribution in [2.75, 3.05) is 11.4 Å². The molecule has 1 aliphatic heterocycles. The van der Waals surface area contributed by atoms with E-state index in [1.54, 1.807) is 0 Å². The molecule has 0 unspecified atom stereocenters. The summed E-state index contributed by atoms with van der Waals surface area (Å²) in [4.78, 5) is 14.9. The average Bonchev–Trinajstić information content (AvgIpc) is 2.77. The van der Waals surface area contributed by atoms with Crippen molar-refractivity contribution < 1.29 is 4.79 Å². The first-order chi connectivity index (χ1) is 11.2. The van der Waals surface area contributed by atoms with Crippen molar-refractivity contribution in [1.29, 1.82) is 0 Å². The van der Waals surface area contributed by atoms with Crippen LogP contribution in [0.3, 0.4) is 0 Å². The molecule has 0 radical (unpaired) electrons. The number of fused-ring (bicyclic) bond motifs is 1. The first-order valence-electron chi connectivity index (χ1n) is 8.39. The van der Waals surface area contributed by atoms with Gasteiger partial charge in [-0.1, -0.05) is 49.2 Å². The second-order valence-corrected chi connectivity index (χ2v) is 6.51. The van der Waals surface area contributed by atoms with Gasteiger partial charge in [0.1, 0.15) is 0 Å². The molecule has 0 bridgehead atoms. The summed E-state index contributed by atoms with van der Waals surface area (Å²) >= 11 is 6.40. The molecule has 0 spiro atoms. The normalized spacial score (nSPS) is 14.3. The van der Waals surface area contributed by atoms with Gasteiger partial charge in [0.15, 0.2) is 0 Å². The Bertz CT molecular complexity index is 711. The zero-order valence-electron chi connectivity index (χ0n) is 13.5. The smallest absolute Gasteiger partial charge is 0.259 e. The van der Waals surface area contributed by atoms with Crippen LogP contribution in [0.15, 0.2) is 42.5 Å². The van der Waals surface area contributed by atoms with E-state index in [4.69, 9.17) is 11.6 Å². The van der Waals surface area contributed by atoms with E-state index >= 15 is 0 Å². The van der Waals surface area contributed by atoms with Crippen LogP contribution in [0.4, 0.5) is 5.69 Å². The van der Waals surface area contributed by atoms with Crippen LogP contribution in [0.5, 0.6) is 0 Å². The van der Waals surface area contributed by atoms with Gasteiger partial charge < -0.3 is 4.90 Å². The summed E-state index contributed by atoms with van der Waals surface area (Å²) in [5, 5.41) is 0.558. The van der Waals surface area contributed by atoms with E-state index in [2.05, 4.69) is 13.0 Å². The molecule has 0 atom stereocenters. The fraction of sp³-hybridized carbons (Fsp3) is 0.350. The van der Waals surface area contributed by atoms with Gasteiger partial charge in [0.25, 0.3) is 5.91 Å². The third-order valence-electron chi connectivity index (χ3n) is 4.41. The van der Waals surface area contributed by atoms with E-state index in [9.17, 15) is 4.79 Å². The Labute approximate surface area is 143 Å². The van der Waals surface area contributed by atoms with Crippen LogP contribution < -0.4 is 4.90 Å². The molecule has 2 aromatic rings. The SMILES string of the molecule is CCCc1ccc(C(=O)N2CCCCc3ccccc32)c(Cl)c1. The number of rotatable bonds is 3. The number of nitrogens with zero attached hydrogens (tertiary/aromatic N) is 1. The minimum absolute atomic E-state index is 0.00685. The van der Waals surface area contributed by atoms with Crippen LogP contribution in [0.1, 0.15) is 47.7 Å². The van der Waals surface area contributed by atoms with Crippen molar-refractivity contribution in [3.05, 3.63) is 64.2 Å². The number of benzene rings is 2. The number of carbonyl (C=O) groups is 1. The largest absolute Gasteiger partial charge is 0.308 e. The molecule has 0 fully saturated rings. The van der Waals surface area contributed by atoms with Crippen molar-refractivity contribution in [2.45, 2.75) is 39.0 Å². The molecule has 0 aliphatic carbocycles. The van der Waals surface area contributed by atoms with Crippen LogP contribution >= 0.6 is 11.6 Å². The predicted octanol–water partition coefficient (Wildman–Crippen LogP) is 5.28. The van der Waals surface area contributed by atoms with E-state index in [1.807, 2.05) is 41.3 Å². The second-order valence-electron chi connectivity index (χ2n) is 6.11. The Morgan fingerprint density at radius 3 is 2.78 bits per heavy atom. The van der Waals surface area contributed by atoms with Gasteiger partial charge in [0.05, 0.1) is 10.6 Å². The molecule has 23 heavy (non-hydrogen) atoms. The van der Waals surface area contributed by atoms with Crippen molar-refractivity contribution in [2.24, 2.45) is 0 Å². The Morgan fingerprint density at radius 2 is 2.00 bits per heavy atom. The maximum absolute atomic E-state index is 13.0. The Morgan fingerprint density at radius 1 is 1.17 bits per heavy atom. The molecule has 1 amide bonds. The molecule has 0 saturated carbocycles. The highest BCUT2D eigenvalue weighted by Gasteiger charge is 2.23. The molecule has 3 heteroatoms. The summed E-state index contributed by atoms with van der Waals surface area (Å²) in [6.07, 6.45) is 5.23. The maximum atomic E-state index is 13.0. The fourth-order valence-electron chi connectivity index (χ4n) is 3.22. The molecule has 0 N–H and O–H groups in total. The Balaban J connectivity index is 1.94. The molecule has 0 aromatic heterocycles. The van der Waals surface area contributed by atoms with E-state index in [-0.39, 0.29) is 5.91 Å². The first-order valence-corrected chi connectivity index (χ1v) is 8.76. The molecule has 3 rings (SSSR count). The molecule has 120 valence electrons. The van der Waals surface area contributed by atoms with Gasteiger partial charge in [-0.3, -0.25) is 4.79 Å². The van der Waals surface area contributed by atoms with E-state index < -0.39 is 0 Å². The molecule has 1 aliphatic rings. The second kappa shape index (κ2) is 7.18. The van der Waals surface area contributed by atoms with E-state index in [1.165, 1.54) is 11.1 Å². The fourth-order valence-corrected chi connectivity index (χ4v) is 3.51. The van der Waals surface area contributed by atoms with Crippen LogP contribution in [0.2, 0.25) is 5.02 Å². The minimum Gasteiger partial charge on any atom is -0.308 e. The van der Waals surface area contributed by atoms with Crippen LogP contribution in [0.25, 0.3) is 0 Å². The molecule has 2 aromatic carbocycles. The monoisotopic (exact) mass is 327 g/mol. The molecular formula is C20H22ClNO. The number of carbonyl (C=O) groups excluding carboxylic acids is 1. The lowest BCUT2D eigenvalue weighted by Gasteiger charge is -2.23. The van der Waals surface area contributed by atoms with Gasteiger partial charge in [-0.15, -0.1) is 0 Å². The number of amides is 1. The number of hydrogen-bond donors (Lipinski definition) is 0. The lowest BCUT2D eigenvalue weighted by Crippen LogP contribution is -2.32. The van der Waals surface area contributed by atoms with E-state index in [0.717, 1.165) is 44.3 Å². The molecule has 2 nitrogen and oxygen atoms in total. The average molecular weight is 328 g/mol. The van der Waals surface area contributed by atoms with Gasteiger partial charge in [0.2, 0.25) is 0 Å². The number of aryl methyl sites for hydroxylation is 2. The standard InChI is InChI=1S/C20H22ClNO/c1-2-7-15-11-12-17(18(21)14-15)20(23)22-13-6-5-9-16-8-3-4-10-19(16)22/h3-4,8,10-12,14H,2,5-7,9,13H2,1H3. The number of anilines is 1. The maximum Gasteiger partial charge on any atom is 0.259 e. The molecule has 0 saturated heterocycles. The summed E-state index contributed by atoms with van der Waals surface area (Å²) in [5.41, 5.74) is 4.06. The third-order valence-corrected chi connectivity index (χ3v) is 4.72. The van der Waals surface area contributed by atoms with E-state index in [0.29, 0.717) is 10.6 Å². The van der Waals surface area contributed by atoms with Gasteiger partial charge in [0, 0.05) is 12.2 Å². The lowest BCUT2D eigenvalue weighted by atomic mass is 10.1. The van der Waals surface area contributed by atoms with Crippen LogP contribution in [-0.4, -0.2) is 12.5 Å². The summed E-state index contributed by atoms with van der Waals surface area (Å²) in [7, 11) is 0. The Hall–Kier alpha value is -1.80. The Kier molecular flexibility index (Phi) is 5.02. The number of hydrogen-bond acceptors (Lipinski definition) is 1. The molecular weight excluding hydrogens is 306 g/mol.